The van der Waals surface area contributed by atoms with Gasteiger partial charge < -0.3 is 15.4 Å². The molecule has 1 heterocycles. The topological polar surface area (TPSA) is 67.4 Å². The molecule has 5 nitrogen and oxygen atoms in total. The molecule has 0 saturated carbocycles. The van der Waals surface area contributed by atoms with E-state index in [1.807, 2.05) is 72.8 Å². The van der Waals surface area contributed by atoms with Crippen molar-refractivity contribution in [3.05, 3.63) is 95.2 Å². The van der Waals surface area contributed by atoms with E-state index in [9.17, 15) is 9.59 Å². The van der Waals surface area contributed by atoms with Gasteiger partial charge in [-0.1, -0.05) is 72.8 Å². The quantitative estimate of drug-likeness (QED) is 0.644. The molecule has 0 spiro atoms. The molecule has 3 aromatic rings. The second-order valence-corrected chi connectivity index (χ2v) is 7.01. The molecule has 1 atom stereocenters. The lowest BCUT2D eigenvalue weighted by Gasteiger charge is -2.29. The number of fused-ring (bicyclic) bond motifs is 1. The standard InChI is InChI=1S/C24H22N2O3/c1-16-21(23(27)29-15-14-17-8-3-2-4-9-17)22(26-24(28)25-16)20-13-7-11-18-10-5-6-12-19(18)20/h2-13,22H,14-15H2,1H3,(H2,25,26,28)/t22-/m1/s1. The van der Waals surface area contributed by atoms with Crippen molar-refractivity contribution in [2.45, 2.75) is 19.4 Å². The average Bonchev–Trinajstić information content (AvgIpc) is 2.73. The van der Waals surface area contributed by atoms with Crippen molar-refractivity contribution in [1.29, 1.82) is 0 Å². The zero-order valence-corrected chi connectivity index (χ0v) is 16.1. The van der Waals surface area contributed by atoms with E-state index in [0.717, 1.165) is 21.9 Å². The van der Waals surface area contributed by atoms with Crippen LogP contribution in [0.1, 0.15) is 24.1 Å². The molecule has 0 bridgehead atoms. The molecule has 0 aliphatic carbocycles. The number of rotatable bonds is 5. The summed E-state index contributed by atoms with van der Waals surface area (Å²) in [6.07, 6.45) is 0.637. The Balaban J connectivity index is 1.61. The van der Waals surface area contributed by atoms with Crippen LogP contribution in [0.15, 0.2) is 84.1 Å². The third kappa shape index (κ3) is 3.99. The van der Waals surface area contributed by atoms with Crippen LogP contribution in [0.2, 0.25) is 0 Å². The highest BCUT2D eigenvalue weighted by molar-refractivity contribution is 5.97. The number of ether oxygens (including phenoxy) is 1. The van der Waals surface area contributed by atoms with Gasteiger partial charge in [-0.15, -0.1) is 0 Å². The van der Waals surface area contributed by atoms with Gasteiger partial charge in [0, 0.05) is 12.1 Å². The normalized spacial score (nSPS) is 16.3. The number of nitrogens with one attached hydrogen (secondary N) is 2. The molecule has 1 aliphatic rings. The van der Waals surface area contributed by atoms with Crippen LogP contribution in [0.25, 0.3) is 10.8 Å². The number of urea groups is 1. The van der Waals surface area contributed by atoms with E-state index in [4.69, 9.17) is 4.74 Å². The Morgan fingerprint density at radius 1 is 0.966 bits per heavy atom. The monoisotopic (exact) mass is 386 g/mol. The third-order valence-electron chi connectivity index (χ3n) is 5.09. The van der Waals surface area contributed by atoms with Gasteiger partial charge in [-0.25, -0.2) is 9.59 Å². The summed E-state index contributed by atoms with van der Waals surface area (Å²) >= 11 is 0. The summed E-state index contributed by atoms with van der Waals surface area (Å²) in [6, 6.07) is 22.8. The Kier molecular flexibility index (Phi) is 5.29. The van der Waals surface area contributed by atoms with Crippen molar-refractivity contribution in [2.75, 3.05) is 6.61 Å². The predicted molar refractivity (Wildman–Crippen MR) is 112 cm³/mol. The van der Waals surface area contributed by atoms with Crippen LogP contribution in [-0.2, 0) is 16.0 Å². The zero-order valence-electron chi connectivity index (χ0n) is 16.1. The maximum atomic E-state index is 13.0. The maximum absolute atomic E-state index is 13.0. The van der Waals surface area contributed by atoms with Gasteiger partial charge in [0.1, 0.15) is 0 Å². The van der Waals surface area contributed by atoms with Crippen LogP contribution < -0.4 is 10.6 Å². The first-order chi connectivity index (χ1) is 14.1. The first-order valence-electron chi connectivity index (χ1n) is 9.60. The molecule has 29 heavy (non-hydrogen) atoms. The van der Waals surface area contributed by atoms with E-state index < -0.39 is 12.0 Å². The van der Waals surface area contributed by atoms with Crippen LogP contribution in [0, 0.1) is 0 Å². The summed E-state index contributed by atoms with van der Waals surface area (Å²) in [6.45, 7) is 2.00. The van der Waals surface area contributed by atoms with Gasteiger partial charge in [0.25, 0.3) is 0 Å². The highest BCUT2D eigenvalue weighted by atomic mass is 16.5. The summed E-state index contributed by atoms with van der Waals surface area (Å²) in [5.74, 6) is -0.427. The molecule has 4 rings (SSSR count). The number of amides is 2. The van der Waals surface area contributed by atoms with Crippen LogP contribution in [-0.4, -0.2) is 18.6 Å². The highest BCUT2D eigenvalue weighted by Crippen LogP contribution is 2.32. The largest absolute Gasteiger partial charge is 0.462 e. The van der Waals surface area contributed by atoms with Gasteiger partial charge in [-0.2, -0.15) is 0 Å². The van der Waals surface area contributed by atoms with Gasteiger partial charge in [0.2, 0.25) is 0 Å². The summed E-state index contributed by atoms with van der Waals surface area (Å²) < 4.78 is 5.57. The van der Waals surface area contributed by atoms with E-state index in [2.05, 4.69) is 10.6 Å². The van der Waals surface area contributed by atoms with Crippen molar-refractivity contribution < 1.29 is 14.3 Å². The van der Waals surface area contributed by atoms with E-state index in [1.54, 1.807) is 6.92 Å². The summed E-state index contributed by atoms with van der Waals surface area (Å²) in [4.78, 5) is 25.1. The molecule has 3 aromatic carbocycles. The van der Waals surface area contributed by atoms with Crippen LogP contribution in [0.4, 0.5) is 4.79 Å². The van der Waals surface area contributed by atoms with Crippen LogP contribution >= 0.6 is 0 Å². The molecular weight excluding hydrogens is 364 g/mol. The van der Waals surface area contributed by atoms with E-state index in [0.29, 0.717) is 17.7 Å². The minimum atomic E-state index is -0.570. The third-order valence-corrected chi connectivity index (χ3v) is 5.09. The lowest BCUT2D eigenvalue weighted by atomic mass is 9.91. The molecule has 0 aromatic heterocycles. The minimum absolute atomic E-state index is 0.274. The second kappa shape index (κ2) is 8.19. The number of hydrogen-bond donors (Lipinski definition) is 2. The first-order valence-corrected chi connectivity index (χ1v) is 9.60. The Morgan fingerprint density at radius 2 is 1.69 bits per heavy atom. The number of benzene rings is 3. The molecule has 2 amide bonds. The molecule has 5 heteroatoms. The number of hydrogen-bond acceptors (Lipinski definition) is 3. The fraction of sp³-hybridized carbons (Fsp3) is 0.167. The molecule has 0 unspecified atom stereocenters. The van der Waals surface area contributed by atoms with Crippen molar-refractivity contribution in [3.8, 4) is 0 Å². The zero-order chi connectivity index (χ0) is 20.2. The van der Waals surface area contributed by atoms with Crippen molar-refractivity contribution >= 4 is 22.8 Å². The van der Waals surface area contributed by atoms with Crippen LogP contribution in [0.5, 0.6) is 0 Å². The number of carbonyl (C=O) groups excluding carboxylic acids is 2. The minimum Gasteiger partial charge on any atom is -0.462 e. The van der Waals surface area contributed by atoms with Gasteiger partial charge in [0.15, 0.2) is 0 Å². The smallest absolute Gasteiger partial charge is 0.338 e. The van der Waals surface area contributed by atoms with Crippen molar-refractivity contribution in [3.63, 3.8) is 0 Å². The first kappa shape index (κ1) is 18.7. The van der Waals surface area contributed by atoms with E-state index >= 15 is 0 Å². The Bertz CT molecular complexity index is 1080. The maximum Gasteiger partial charge on any atom is 0.338 e. The predicted octanol–water partition coefficient (Wildman–Crippen LogP) is 4.25. The summed E-state index contributed by atoms with van der Waals surface area (Å²) in [5, 5.41) is 7.62. The molecule has 0 radical (unpaired) electrons. The number of carbonyl (C=O) groups is 2. The summed E-state index contributed by atoms with van der Waals surface area (Å²) in [5.41, 5.74) is 2.91. The van der Waals surface area contributed by atoms with E-state index in [-0.39, 0.29) is 12.6 Å². The second-order valence-electron chi connectivity index (χ2n) is 7.01. The molecule has 146 valence electrons. The number of allylic oxidation sites excluding steroid dienone is 1. The fourth-order valence-corrected chi connectivity index (χ4v) is 3.68. The van der Waals surface area contributed by atoms with Gasteiger partial charge >= 0.3 is 12.0 Å². The van der Waals surface area contributed by atoms with Gasteiger partial charge in [-0.3, -0.25) is 0 Å². The van der Waals surface area contributed by atoms with E-state index in [1.165, 1.54) is 0 Å². The average molecular weight is 386 g/mol. The van der Waals surface area contributed by atoms with Crippen molar-refractivity contribution in [1.82, 2.24) is 10.6 Å². The van der Waals surface area contributed by atoms with Gasteiger partial charge in [0.05, 0.1) is 18.2 Å². The fourth-order valence-electron chi connectivity index (χ4n) is 3.68. The molecule has 1 aliphatic heterocycles. The lowest BCUT2D eigenvalue weighted by Crippen LogP contribution is -2.45. The van der Waals surface area contributed by atoms with Gasteiger partial charge in [-0.05, 0) is 28.8 Å². The highest BCUT2D eigenvalue weighted by Gasteiger charge is 2.33. The Labute approximate surface area is 169 Å². The Morgan fingerprint density at radius 3 is 2.52 bits per heavy atom. The van der Waals surface area contributed by atoms with Crippen LogP contribution in [0.3, 0.4) is 0 Å². The number of esters is 1. The van der Waals surface area contributed by atoms with Crippen molar-refractivity contribution in [2.24, 2.45) is 0 Å². The lowest BCUT2D eigenvalue weighted by molar-refractivity contribution is -0.139. The summed E-state index contributed by atoms with van der Waals surface area (Å²) in [7, 11) is 0. The molecule has 0 saturated heterocycles. The molecule has 2 N–H and O–H groups in total. The Hall–Kier alpha value is -3.60. The molecular formula is C24H22N2O3. The molecule has 0 fully saturated rings. The SMILES string of the molecule is CC1=C(C(=O)OCCc2ccccc2)[C@@H](c2cccc3ccccc23)NC(=O)N1.